The van der Waals surface area contributed by atoms with Crippen LogP contribution in [0.2, 0.25) is 0 Å². The maximum Gasteiger partial charge on any atom is 0.326 e. The van der Waals surface area contributed by atoms with Crippen LogP contribution in [0.3, 0.4) is 0 Å². The molecule has 1 aromatic carbocycles. The van der Waals surface area contributed by atoms with Gasteiger partial charge in [0.05, 0.1) is 12.9 Å². The van der Waals surface area contributed by atoms with Crippen LogP contribution in [0.4, 0.5) is 0 Å². The molecule has 0 aliphatic rings. The minimum absolute atomic E-state index is 0.189. The number of benzene rings is 1. The molecule has 0 saturated carbocycles. The molecule has 1 atom stereocenters. The number of carbonyl (C=O) groups is 2. The van der Waals surface area contributed by atoms with Crippen LogP contribution in [-0.2, 0) is 9.59 Å². The molecule has 0 unspecified atom stereocenters. The van der Waals surface area contributed by atoms with Crippen molar-refractivity contribution < 1.29 is 19.4 Å². The minimum Gasteiger partial charge on any atom is -0.497 e. The van der Waals surface area contributed by atoms with Gasteiger partial charge >= 0.3 is 5.97 Å². The van der Waals surface area contributed by atoms with E-state index < -0.39 is 12.0 Å². The van der Waals surface area contributed by atoms with Crippen LogP contribution in [0.25, 0.3) is 0 Å². The number of methoxy groups -OCH3 is 1. The molecule has 1 amide bonds. The summed E-state index contributed by atoms with van der Waals surface area (Å²) in [6, 6.07) is 6.53. The van der Waals surface area contributed by atoms with Gasteiger partial charge in [-0.15, -0.1) is 11.8 Å². The van der Waals surface area contributed by atoms with Crippen LogP contribution in [-0.4, -0.2) is 35.9 Å². The maximum atomic E-state index is 11.8. The lowest BCUT2D eigenvalue weighted by Crippen LogP contribution is -2.42. The van der Waals surface area contributed by atoms with Gasteiger partial charge < -0.3 is 15.2 Å². The molecule has 116 valence electrons. The Kier molecular flexibility index (Phi) is 7.08. The van der Waals surface area contributed by atoms with E-state index in [0.717, 1.165) is 10.6 Å². The van der Waals surface area contributed by atoms with Crippen molar-refractivity contribution >= 4 is 23.6 Å². The topological polar surface area (TPSA) is 75.6 Å². The number of thioether (sulfide) groups is 1. The fourth-order valence-electron chi connectivity index (χ4n) is 1.75. The van der Waals surface area contributed by atoms with E-state index in [4.69, 9.17) is 9.84 Å². The van der Waals surface area contributed by atoms with Gasteiger partial charge in [-0.05, 0) is 36.6 Å². The molecule has 21 heavy (non-hydrogen) atoms. The molecule has 0 radical (unpaired) electrons. The van der Waals surface area contributed by atoms with Crippen molar-refractivity contribution in [2.45, 2.75) is 31.2 Å². The standard InChI is InChI=1S/C15H21NO4S/c1-10(2)8-13(15(18)19)16-14(17)9-21-12-6-4-11(20-3)5-7-12/h4-7,10,13H,8-9H2,1-3H3,(H,16,17)(H,18,19)/t13-/m1/s1. The Bertz CT molecular complexity index is 473. The highest BCUT2D eigenvalue weighted by molar-refractivity contribution is 8.00. The Morgan fingerprint density at radius 3 is 2.38 bits per heavy atom. The molecule has 0 aliphatic carbocycles. The van der Waals surface area contributed by atoms with Gasteiger partial charge in [-0.3, -0.25) is 4.79 Å². The molecule has 6 heteroatoms. The zero-order chi connectivity index (χ0) is 15.8. The summed E-state index contributed by atoms with van der Waals surface area (Å²) in [4.78, 5) is 23.8. The SMILES string of the molecule is COc1ccc(SCC(=O)N[C@H](CC(C)C)C(=O)O)cc1. The summed E-state index contributed by atoms with van der Waals surface area (Å²) >= 11 is 1.36. The average Bonchev–Trinajstić information content (AvgIpc) is 2.44. The molecular weight excluding hydrogens is 290 g/mol. The monoisotopic (exact) mass is 311 g/mol. The first-order valence-electron chi connectivity index (χ1n) is 6.71. The lowest BCUT2D eigenvalue weighted by Gasteiger charge is -2.16. The molecule has 0 fully saturated rings. The Morgan fingerprint density at radius 2 is 1.90 bits per heavy atom. The van der Waals surface area contributed by atoms with Gasteiger partial charge in [-0.2, -0.15) is 0 Å². The summed E-state index contributed by atoms with van der Waals surface area (Å²) in [5.74, 6) is -0.114. The molecule has 1 rings (SSSR count). The molecule has 1 aromatic rings. The van der Waals surface area contributed by atoms with E-state index in [9.17, 15) is 9.59 Å². The van der Waals surface area contributed by atoms with Crippen LogP contribution < -0.4 is 10.1 Å². The number of carboxylic acids is 1. The van der Waals surface area contributed by atoms with E-state index in [1.165, 1.54) is 11.8 Å². The molecule has 2 N–H and O–H groups in total. The molecule has 5 nitrogen and oxygen atoms in total. The predicted molar refractivity (Wildman–Crippen MR) is 82.7 cm³/mol. The number of aliphatic carboxylic acids is 1. The predicted octanol–water partition coefficient (Wildman–Crippen LogP) is 2.40. The third-order valence-corrected chi connectivity index (χ3v) is 3.78. The third kappa shape index (κ3) is 6.53. The summed E-state index contributed by atoms with van der Waals surface area (Å²) in [5, 5.41) is 11.6. The van der Waals surface area contributed by atoms with E-state index in [1.807, 2.05) is 38.1 Å². The second-order valence-corrected chi connectivity index (χ2v) is 6.10. The van der Waals surface area contributed by atoms with Gasteiger partial charge in [0.25, 0.3) is 0 Å². The summed E-state index contributed by atoms with van der Waals surface area (Å²) in [6.45, 7) is 3.85. The number of hydrogen-bond acceptors (Lipinski definition) is 4. The Labute approximate surface area is 129 Å². The van der Waals surface area contributed by atoms with E-state index >= 15 is 0 Å². The molecule has 0 heterocycles. The molecule has 0 aromatic heterocycles. The number of rotatable bonds is 8. The van der Waals surface area contributed by atoms with Crippen LogP contribution in [0.15, 0.2) is 29.2 Å². The molecule has 0 saturated heterocycles. The van der Waals surface area contributed by atoms with Gasteiger partial charge in [-0.1, -0.05) is 13.8 Å². The van der Waals surface area contributed by atoms with Crippen molar-refractivity contribution in [3.05, 3.63) is 24.3 Å². The highest BCUT2D eigenvalue weighted by Crippen LogP contribution is 2.21. The van der Waals surface area contributed by atoms with Crippen LogP contribution in [0.5, 0.6) is 5.75 Å². The van der Waals surface area contributed by atoms with Gasteiger partial charge in [-0.25, -0.2) is 4.79 Å². The lowest BCUT2D eigenvalue weighted by molar-refractivity contribution is -0.141. The smallest absolute Gasteiger partial charge is 0.326 e. The van der Waals surface area contributed by atoms with Crippen molar-refractivity contribution in [2.75, 3.05) is 12.9 Å². The maximum absolute atomic E-state index is 11.8. The van der Waals surface area contributed by atoms with Crippen LogP contribution in [0, 0.1) is 5.92 Å². The first kappa shape index (κ1) is 17.4. The van der Waals surface area contributed by atoms with E-state index in [2.05, 4.69) is 5.32 Å². The van der Waals surface area contributed by atoms with Crippen molar-refractivity contribution in [1.29, 1.82) is 0 Å². The van der Waals surface area contributed by atoms with Gasteiger partial charge in [0.2, 0.25) is 5.91 Å². The summed E-state index contributed by atoms with van der Waals surface area (Å²) in [6.07, 6.45) is 0.425. The van der Waals surface area contributed by atoms with Crippen molar-refractivity contribution in [3.8, 4) is 5.75 Å². The molecule has 0 spiro atoms. The first-order chi connectivity index (χ1) is 9.92. The van der Waals surface area contributed by atoms with E-state index in [0.29, 0.717) is 6.42 Å². The Hall–Kier alpha value is -1.69. The summed E-state index contributed by atoms with van der Waals surface area (Å²) in [5.41, 5.74) is 0. The normalized spacial score (nSPS) is 12.0. The average molecular weight is 311 g/mol. The van der Waals surface area contributed by atoms with E-state index in [-0.39, 0.29) is 17.6 Å². The number of carboxylic acid groups (broad SMARTS) is 1. The number of nitrogens with one attached hydrogen (secondary N) is 1. The number of carbonyl (C=O) groups excluding carboxylic acids is 1. The van der Waals surface area contributed by atoms with Crippen molar-refractivity contribution in [2.24, 2.45) is 5.92 Å². The molecular formula is C15H21NO4S. The molecule has 0 bridgehead atoms. The highest BCUT2D eigenvalue weighted by atomic mass is 32.2. The second kappa shape index (κ2) is 8.56. The summed E-state index contributed by atoms with van der Waals surface area (Å²) < 4.78 is 5.06. The summed E-state index contributed by atoms with van der Waals surface area (Å²) in [7, 11) is 1.59. The van der Waals surface area contributed by atoms with Crippen molar-refractivity contribution in [1.82, 2.24) is 5.32 Å². The van der Waals surface area contributed by atoms with Crippen LogP contribution in [0.1, 0.15) is 20.3 Å². The number of amides is 1. The van der Waals surface area contributed by atoms with E-state index in [1.54, 1.807) is 7.11 Å². The molecule has 0 aliphatic heterocycles. The second-order valence-electron chi connectivity index (χ2n) is 5.05. The number of ether oxygens (including phenoxy) is 1. The first-order valence-corrected chi connectivity index (χ1v) is 7.70. The van der Waals surface area contributed by atoms with Crippen molar-refractivity contribution in [3.63, 3.8) is 0 Å². The Morgan fingerprint density at radius 1 is 1.29 bits per heavy atom. The van der Waals surface area contributed by atoms with Gasteiger partial charge in [0.15, 0.2) is 0 Å². The fraction of sp³-hybridized carbons (Fsp3) is 0.467. The largest absolute Gasteiger partial charge is 0.497 e. The zero-order valence-electron chi connectivity index (χ0n) is 12.5. The zero-order valence-corrected chi connectivity index (χ0v) is 13.3. The minimum atomic E-state index is -0.994. The lowest BCUT2D eigenvalue weighted by atomic mass is 10.0. The highest BCUT2D eigenvalue weighted by Gasteiger charge is 2.20. The third-order valence-electron chi connectivity index (χ3n) is 2.77. The van der Waals surface area contributed by atoms with Gasteiger partial charge in [0, 0.05) is 4.90 Å². The van der Waals surface area contributed by atoms with Crippen LogP contribution >= 0.6 is 11.8 Å². The van der Waals surface area contributed by atoms with Gasteiger partial charge in [0.1, 0.15) is 11.8 Å². The Balaban J connectivity index is 2.46. The quantitative estimate of drug-likeness (QED) is 0.721. The fourth-order valence-corrected chi connectivity index (χ4v) is 2.46. The number of hydrogen-bond donors (Lipinski definition) is 2.